The highest BCUT2D eigenvalue weighted by Crippen LogP contribution is 2.22. The van der Waals surface area contributed by atoms with Crippen LogP contribution < -0.4 is 0 Å². The van der Waals surface area contributed by atoms with Crippen LogP contribution in [-0.4, -0.2) is 19.0 Å². The number of ether oxygens (including phenoxy) is 2. The Morgan fingerprint density at radius 2 is 2.00 bits per heavy atom. The molecular weight excluding hydrogens is 128 g/mol. The fraction of sp³-hybridized carbons (Fsp3) is 0.750. The maximum absolute atomic E-state index is 5.37. The molecule has 10 heavy (non-hydrogen) atoms. The lowest BCUT2D eigenvalue weighted by Gasteiger charge is -2.19. The summed E-state index contributed by atoms with van der Waals surface area (Å²) in [5, 5.41) is 0. The van der Waals surface area contributed by atoms with Crippen molar-refractivity contribution in [1.82, 2.24) is 0 Å². The molecule has 2 heteroatoms. The Morgan fingerprint density at radius 3 is 2.50 bits per heavy atom. The average Bonchev–Trinajstić information content (AvgIpc) is 2.33. The molecule has 1 rings (SSSR count). The summed E-state index contributed by atoms with van der Waals surface area (Å²) in [6.07, 6.45) is 4.92. The molecule has 1 aliphatic rings. The van der Waals surface area contributed by atoms with Crippen LogP contribution in [-0.2, 0) is 9.47 Å². The minimum atomic E-state index is -0.341. The molecule has 0 N–H and O–H groups in total. The summed E-state index contributed by atoms with van der Waals surface area (Å²) in [6.45, 7) is 5.43. The van der Waals surface area contributed by atoms with E-state index in [2.05, 4.69) is 6.08 Å². The minimum absolute atomic E-state index is 0.341. The van der Waals surface area contributed by atoms with Crippen molar-refractivity contribution < 1.29 is 9.47 Å². The Labute approximate surface area is 61.8 Å². The smallest absolute Gasteiger partial charge is 0.169 e. The van der Waals surface area contributed by atoms with E-state index in [1.165, 1.54) is 0 Å². The number of allylic oxidation sites excluding steroid dienone is 1. The summed E-state index contributed by atoms with van der Waals surface area (Å²) < 4.78 is 10.7. The fourth-order valence-corrected chi connectivity index (χ4v) is 1.01. The zero-order valence-corrected chi connectivity index (χ0v) is 6.59. The first kappa shape index (κ1) is 7.76. The molecular formula is C8H14O2. The van der Waals surface area contributed by atoms with Gasteiger partial charge in [0.15, 0.2) is 5.79 Å². The Morgan fingerprint density at radius 1 is 1.40 bits per heavy atom. The molecule has 0 unspecified atom stereocenters. The zero-order chi connectivity index (χ0) is 7.45. The predicted molar refractivity (Wildman–Crippen MR) is 39.7 cm³/mol. The summed E-state index contributed by atoms with van der Waals surface area (Å²) in [5.41, 5.74) is 0. The first-order valence-corrected chi connectivity index (χ1v) is 3.66. The summed E-state index contributed by atoms with van der Waals surface area (Å²) in [6, 6.07) is 0. The third-order valence-corrected chi connectivity index (χ3v) is 1.62. The highest BCUT2D eigenvalue weighted by Gasteiger charge is 2.28. The van der Waals surface area contributed by atoms with Gasteiger partial charge in [-0.25, -0.2) is 0 Å². The van der Waals surface area contributed by atoms with E-state index < -0.39 is 0 Å². The van der Waals surface area contributed by atoms with Gasteiger partial charge in [-0.3, -0.25) is 0 Å². The van der Waals surface area contributed by atoms with Gasteiger partial charge in [-0.05, 0) is 13.8 Å². The molecule has 0 atom stereocenters. The highest BCUT2D eigenvalue weighted by atomic mass is 16.7. The molecule has 0 saturated carbocycles. The Balaban J connectivity index is 2.35. The van der Waals surface area contributed by atoms with Crippen LogP contribution in [0.3, 0.4) is 0 Å². The summed E-state index contributed by atoms with van der Waals surface area (Å²) in [5.74, 6) is -0.341. The Hall–Kier alpha value is -0.340. The number of rotatable bonds is 2. The molecule has 1 saturated heterocycles. The average molecular weight is 142 g/mol. The van der Waals surface area contributed by atoms with Crippen LogP contribution in [0, 0.1) is 0 Å². The van der Waals surface area contributed by atoms with E-state index in [0.717, 1.165) is 19.6 Å². The second kappa shape index (κ2) is 3.17. The van der Waals surface area contributed by atoms with E-state index in [1.54, 1.807) is 0 Å². The highest BCUT2D eigenvalue weighted by molar-refractivity contribution is 4.84. The van der Waals surface area contributed by atoms with Crippen molar-refractivity contribution in [1.29, 1.82) is 0 Å². The third-order valence-electron chi connectivity index (χ3n) is 1.62. The van der Waals surface area contributed by atoms with Crippen LogP contribution in [0.15, 0.2) is 12.2 Å². The van der Waals surface area contributed by atoms with E-state index in [0.29, 0.717) is 0 Å². The number of hydrogen-bond acceptors (Lipinski definition) is 2. The molecule has 58 valence electrons. The zero-order valence-electron chi connectivity index (χ0n) is 6.59. The van der Waals surface area contributed by atoms with E-state index in [-0.39, 0.29) is 5.79 Å². The van der Waals surface area contributed by atoms with E-state index in [4.69, 9.17) is 9.47 Å². The van der Waals surface area contributed by atoms with Crippen molar-refractivity contribution in [2.75, 3.05) is 13.2 Å². The van der Waals surface area contributed by atoms with Crippen LogP contribution in [0.1, 0.15) is 20.3 Å². The largest absolute Gasteiger partial charge is 0.348 e. The Bertz CT molecular complexity index is 123. The molecule has 0 bridgehead atoms. The summed E-state index contributed by atoms with van der Waals surface area (Å²) in [7, 11) is 0. The van der Waals surface area contributed by atoms with E-state index >= 15 is 0 Å². The van der Waals surface area contributed by atoms with Crippen LogP contribution in [0.2, 0.25) is 0 Å². The SMILES string of the molecule is C/C=C/CC1(C)OCCO1. The second-order valence-corrected chi connectivity index (χ2v) is 2.60. The monoisotopic (exact) mass is 142 g/mol. The lowest BCUT2D eigenvalue weighted by atomic mass is 10.2. The first-order chi connectivity index (χ1) is 4.77. The van der Waals surface area contributed by atoms with Gasteiger partial charge in [-0.1, -0.05) is 12.2 Å². The maximum atomic E-state index is 5.37. The summed E-state index contributed by atoms with van der Waals surface area (Å²) in [4.78, 5) is 0. The molecule has 1 aliphatic heterocycles. The van der Waals surface area contributed by atoms with Gasteiger partial charge >= 0.3 is 0 Å². The molecule has 0 aromatic rings. The first-order valence-electron chi connectivity index (χ1n) is 3.66. The van der Waals surface area contributed by atoms with Crippen molar-refractivity contribution in [3.8, 4) is 0 Å². The van der Waals surface area contributed by atoms with Gasteiger partial charge < -0.3 is 9.47 Å². The van der Waals surface area contributed by atoms with E-state index in [1.807, 2.05) is 19.9 Å². The van der Waals surface area contributed by atoms with Crippen molar-refractivity contribution in [2.45, 2.75) is 26.1 Å². The quantitative estimate of drug-likeness (QED) is 0.546. The van der Waals surface area contributed by atoms with Crippen LogP contribution in [0.4, 0.5) is 0 Å². The van der Waals surface area contributed by atoms with Gasteiger partial charge in [0.05, 0.1) is 13.2 Å². The molecule has 0 aromatic heterocycles. The maximum Gasteiger partial charge on any atom is 0.169 e. The van der Waals surface area contributed by atoms with Crippen LogP contribution in [0.25, 0.3) is 0 Å². The second-order valence-electron chi connectivity index (χ2n) is 2.60. The van der Waals surface area contributed by atoms with Gasteiger partial charge in [0, 0.05) is 6.42 Å². The lowest BCUT2D eigenvalue weighted by Crippen LogP contribution is -2.23. The van der Waals surface area contributed by atoms with Gasteiger partial charge in [0.25, 0.3) is 0 Å². The van der Waals surface area contributed by atoms with Gasteiger partial charge in [-0.15, -0.1) is 0 Å². The summed E-state index contributed by atoms with van der Waals surface area (Å²) >= 11 is 0. The topological polar surface area (TPSA) is 18.5 Å². The molecule has 0 radical (unpaired) electrons. The normalized spacial score (nSPS) is 24.2. The van der Waals surface area contributed by atoms with Gasteiger partial charge in [0.1, 0.15) is 0 Å². The molecule has 1 fully saturated rings. The predicted octanol–water partition coefficient (Wildman–Crippen LogP) is 1.72. The molecule has 1 heterocycles. The minimum Gasteiger partial charge on any atom is -0.348 e. The molecule has 0 aromatic carbocycles. The molecule has 0 amide bonds. The van der Waals surface area contributed by atoms with Crippen molar-refractivity contribution in [2.24, 2.45) is 0 Å². The van der Waals surface area contributed by atoms with Gasteiger partial charge in [-0.2, -0.15) is 0 Å². The Kier molecular flexibility index (Phi) is 2.46. The fourth-order valence-electron chi connectivity index (χ4n) is 1.01. The van der Waals surface area contributed by atoms with Crippen molar-refractivity contribution >= 4 is 0 Å². The van der Waals surface area contributed by atoms with Crippen molar-refractivity contribution in [3.05, 3.63) is 12.2 Å². The van der Waals surface area contributed by atoms with Crippen LogP contribution >= 0.6 is 0 Å². The molecule has 2 nitrogen and oxygen atoms in total. The molecule has 0 spiro atoms. The molecule has 0 aliphatic carbocycles. The number of hydrogen-bond donors (Lipinski definition) is 0. The third kappa shape index (κ3) is 1.82. The lowest BCUT2D eigenvalue weighted by molar-refractivity contribution is -0.138. The standard InChI is InChI=1S/C8H14O2/c1-3-4-5-8(2)9-6-7-10-8/h3-4H,5-7H2,1-2H3/b4-3+. The van der Waals surface area contributed by atoms with E-state index in [9.17, 15) is 0 Å². The van der Waals surface area contributed by atoms with Crippen molar-refractivity contribution in [3.63, 3.8) is 0 Å². The van der Waals surface area contributed by atoms with Crippen LogP contribution in [0.5, 0.6) is 0 Å². The van der Waals surface area contributed by atoms with Gasteiger partial charge in [0.2, 0.25) is 0 Å².